The molecule has 1 aromatic carbocycles. The Kier molecular flexibility index (Phi) is 4.15. The van der Waals surface area contributed by atoms with Gasteiger partial charge in [0.15, 0.2) is 0 Å². The van der Waals surface area contributed by atoms with E-state index in [0.717, 1.165) is 18.4 Å². The van der Waals surface area contributed by atoms with Crippen molar-refractivity contribution in [1.82, 2.24) is 4.90 Å². The highest BCUT2D eigenvalue weighted by molar-refractivity contribution is 5.79. The first-order valence-electron chi connectivity index (χ1n) is 6.34. The molecule has 92 valence electrons. The maximum Gasteiger partial charge on any atom is 0.227 e. The van der Waals surface area contributed by atoms with Gasteiger partial charge in [-0.1, -0.05) is 30.3 Å². The second-order valence-electron chi connectivity index (χ2n) is 4.62. The minimum absolute atomic E-state index is 0.214. The van der Waals surface area contributed by atoms with Crippen LogP contribution in [0.1, 0.15) is 24.8 Å². The lowest BCUT2D eigenvalue weighted by molar-refractivity contribution is -0.134. The lowest BCUT2D eigenvalue weighted by atomic mass is 9.91. The van der Waals surface area contributed by atoms with E-state index in [0.29, 0.717) is 25.6 Å². The number of hydrogen-bond donors (Lipinski definition) is 1. The summed E-state index contributed by atoms with van der Waals surface area (Å²) in [5.41, 5.74) is 6.67. The van der Waals surface area contributed by atoms with Gasteiger partial charge in [-0.05, 0) is 24.8 Å². The number of rotatable bonds is 5. The van der Waals surface area contributed by atoms with Crippen LogP contribution in [-0.2, 0) is 11.2 Å². The summed E-state index contributed by atoms with van der Waals surface area (Å²) >= 11 is 0. The topological polar surface area (TPSA) is 46.3 Å². The second-order valence-corrected chi connectivity index (χ2v) is 4.62. The largest absolute Gasteiger partial charge is 0.338 e. The smallest absolute Gasteiger partial charge is 0.227 e. The molecule has 1 amide bonds. The van der Waals surface area contributed by atoms with Crippen molar-refractivity contribution >= 4 is 5.91 Å². The summed E-state index contributed by atoms with van der Waals surface area (Å²) in [6.45, 7) is 1.24. The first-order valence-corrected chi connectivity index (χ1v) is 6.34. The number of nitrogens with zero attached hydrogens (tertiary/aromatic N) is 1. The number of hydrogen-bond acceptors (Lipinski definition) is 2. The Labute approximate surface area is 103 Å². The van der Waals surface area contributed by atoms with Gasteiger partial charge < -0.3 is 10.6 Å². The van der Waals surface area contributed by atoms with Crippen LogP contribution in [-0.4, -0.2) is 29.9 Å². The molecule has 0 heterocycles. The zero-order valence-corrected chi connectivity index (χ0v) is 10.1. The van der Waals surface area contributed by atoms with Crippen LogP contribution in [0.3, 0.4) is 0 Å². The molecule has 17 heavy (non-hydrogen) atoms. The average Bonchev–Trinajstić information content (AvgIpc) is 2.27. The normalized spacial score (nSPS) is 15.4. The molecule has 0 radical (unpaired) electrons. The van der Waals surface area contributed by atoms with E-state index >= 15 is 0 Å². The van der Waals surface area contributed by atoms with E-state index in [1.54, 1.807) is 0 Å². The van der Waals surface area contributed by atoms with Crippen LogP contribution < -0.4 is 5.73 Å². The first kappa shape index (κ1) is 12.1. The number of carbonyl (C=O) groups excluding carboxylic acids is 1. The van der Waals surface area contributed by atoms with E-state index in [1.807, 2.05) is 35.2 Å². The van der Waals surface area contributed by atoms with E-state index in [9.17, 15) is 4.79 Å². The van der Waals surface area contributed by atoms with E-state index in [-0.39, 0.29) is 5.91 Å². The van der Waals surface area contributed by atoms with Gasteiger partial charge in [-0.25, -0.2) is 0 Å². The summed E-state index contributed by atoms with van der Waals surface area (Å²) < 4.78 is 0. The Morgan fingerprint density at radius 1 is 1.29 bits per heavy atom. The van der Waals surface area contributed by atoms with E-state index in [1.165, 1.54) is 6.42 Å². The lowest BCUT2D eigenvalue weighted by Crippen LogP contribution is -2.47. The molecule has 0 aliphatic heterocycles. The molecular weight excluding hydrogens is 212 g/mol. The highest BCUT2D eigenvalue weighted by Crippen LogP contribution is 2.25. The predicted octanol–water partition coefficient (Wildman–Crippen LogP) is 1.57. The summed E-state index contributed by atoms with van der Waals surface area (Å²) in [4.78, 5) is 14.2. The number of amides is 1. The molecule has 0 aromatic heterocycles. The molecule has 1 fully saturated rings. The zero-order chi connectivity index (χ0) is 12.1. The predicted molar refractivity (Wildman–Crippen MR) is 68.6 cm³/mol. The molecular formula is C14H20N2O. The molecule has 0 atom stereocenters. The molecule has 2 rings (SSSR count). The van der Waals surface area contributed by atoms with Crippen molar-refractivity contribution < 1.29 is 4.79 Å². The van der Waals surface area contributed by atoms with Crippen molar-refractivity contribution in [1.29, 1.82) is 0 Å². The third kappa shape index (κ3) is 3.07. The number of benzene rings is 1. The monoisotopic (exact) mass is 232 g/mol. The summed E-state index contributed by atoms with van der Waals surface area (Å²) in [5, 5.41) is 0. The van der Waals surface area contributed by atoms with E-state index < -0.39 is 0 Å². The Balaban J connectivity index is 1.96. The van der Waals surface area contributed by atoms with Crippen LogP contribution in [0.5, 0.6) is 0 Å². The molecule has 0 unspecified atom stereocenters. The zero-order valence-electron chi connectivity index (χ0n) is 10.1. The van der Waals surface area contributed by atoms with Crippen LogP contribution >= 0.6 is 0 Å². The second kappa shape index (κ2) is 5.82. The average molecular weight is 232 g/mol. The molecule has 0 bridgehead atoms. The van der Waals surface area contributed by atoms with Crippen LogP contribution in [0, 0.1) is 0 Å². The van der Waals surface area contributed by atoms with Crippen LogP contribution in [0.25, 0.3) is 0 Å². The third-order valence-electron chi connectivity index (χ3n) is 3.40. The summed E-state index contributed by atoms with van der Waals surface area (Å²) in [6.07, 6.45) is 4.02. The SMILES string of the molecule is NCCN(C(=O)Cc1ccccc1)C1CCC1. The minimum Gasteiger partial charge on any atom is -0.338 e. The molecule has 0 spiro atoms. The van der Waals surface area contributed by atoms with Crippen LogP contribution in [0.15, 0.2) is 30.3 Å². The highest BCUT2D eigenvalue weighted by atomic mass is 16.2. The fraction of sp³-hybridized carbons (Fsp3) is 0.500. The fourth-order valence-corrected chi connectivity index (χ4v) is 2.22. The van der Waals surface area contributed by atoms with Gasteiger partial charge in [0.1, 0.15) is 0 Å². The molecule has 2 N–H and O–H groups in total. The molecule has 3 heteroatoms. The minimum atomic E-state index is 0.214. The maximum atomic E-state index is 12.2. The number of carbonyl (C=O) groups is 1. The van der Waals surface area contributed by atoms with Gasteiger partial charge in [0.2, 0.25) is 5.91 Å². The first-order chi connectivity index (χ1) is 8.31. The molecule has 1 aliphatic carbocycles. The fourth-order valence-electron chi connectivity index (χ4n) is 2.22. The Morgan fingerprint density at radius 2 is 2.00 bits per heavy atom. The summed E-state index contributed by atoms with van der Waals surface area (Å²) in [7, 11) is 0. The Morgan fingerprint density at radius 3 is 2.53 bits per heavy atom. The lowest BCUT2D eigenvalue weighted by Gasteiger charge is -2.37. The quantitative estimate of drug-likeness (QED) is 0.837. The molecule has 0 saturated heterocycles. The van der Waals surface area contributed by atoms with Gasteiger partial charge in [-0.2, -0.15) is 0 Å². The summed E-state index contributed by atoms with van der Waals surface area (Å²) in [6, 6.07) is 10.4. The van der Waals surface area contributed by atoms with Crippen molar-refractivity contribution in [3.8, 4) is 0 Å². The van der Waals surface area contributed by atoms with Gasteiger partial charge in [0.25, 0.3) is 0 Å². The van der Waals surface area contributed by atoms with Gasteiger partial charge >= 0.3 is 0 Å². The highest BCUT2D eigenvalue weighted by Gasteiger charge is 2.27. The van der Waals surface area contributed by atoms with Crippen molar-refractivity contribution in [2.24, 2.45) is 5.73 Å². The van der Waals surface area contributed by atoms with Crippen molar-refractivity contribution in [3.63, 3.8) is 0 Å². The van der Waals surface area contributed by atoms with Gasteiger partial charge in [0, 0.05) is 19.1 Å². The molecule has 1 aliphatic rings. The van der Waals surface area contributed by atoms with Crippen molar-refractivity contribution in [3.05, 3.63) is 35.9 Å². The van der Waals surface area contributed by atoms with Crippen LogP contribution in [0.2, 0.25) is 0 Å². The van der Waals surface area contributed by atoms with Gasteiger partial charge in [0.05, 0.1) is 6.42 Å². The maximum absolute atomic E-state index is 12.2. The molecule has 3 nitrogen and oxygen atoms in total. The molecule has 1 saturated carbocycles. The van der Waals surface area contributed by atoms with E-state index in [2.05, 4.69) is 0 Å². The summed E-state index contributed by atoms with van der Waals surface area (Å²) in [5.74, 6) is 0.214. The standard InChI is InChI=1S/C14H20N2O/c15-9-10-16(13-7-4-8-13)14(17)11-12-5-2-1-3-6-12/h1-3,5-6,13H,4,7-11,15H2. The molecule has 1 aromatic rings. The van der Waals surface area contributed by atoms with Crippen LogP contribution in [0.4, 0.5) is 0 Å². The Hall–Kier alpha value is -1.35. The Bertz CT molecular complexity index is 360. The van der Waals surface area contributed by atoms with Crippen molar-refractivity contribution in [2.45, 2.75) is 31.7 Å². The third-order valence-corrected chi connectivity index (χ3v) is 3.40. The van der Waals surface area contributed by atoms with E-state index in [4.69, 9.17) is 5.73 Å². The number of nitrogens with two attached hydrogens (primary N) is 1. The van der Waals surface area contributed by atoms with Gasteiger partial charge in [-0.15, -0.1) is 0 Å². The van der Waals surface area contributed by atoms with Crippen molar-refractivity contribution in [2.75, 3.05) is 13.1 Å². The van der Waals surface area contributed by atoms with Gasteiger partial charge in [-0.3, -0.25) is 4.79 Å².